The van der Waals surface area contributed by atoms with Crippen LogP contribution in [-0.4, -0.2) is 31.5 Å². The second-order valence-electron chi connectivity index (χ2n) is 7.01. The Morgan fingerprint density at radius 3 is 1.19 bits per heavy atom. The van der Waals surface area contributed by atoms with E-state index in [2.05, 4.69) is 0 Å². The van der Waals surface area contributed by atoms with Crippen molar-refractivity contribution in [2.24, 2.45) is 0 Å². The van der Waals surface area contributed by atoms with E-state index in [4.69, 9.17) is 69.6 Å². The first-order chi connectivity index (χ1) is 16.9. The summed E-state index contributed by atoms with van der Waals surface area (Å²) < 4.78 is 0. The molecule has 0 aromatic heterocycles. The largest absolute Gasteiger partial charge is 0.276 e. The van der Waals surface area contributed by atoms with E-state index in [1.54, 1.807) is 0 Å². The van der Waals surface area contributed by atoms with Crippen molar-refractivity contribution in [2.45, 2.75) is 0 Å². The molecule has 6 nitrogen and oxygen atoms in total. The van der Waals surface area contributed by atoms with E-state index in [0.717, 1.165) is 6.07 Å². The van der Waals surface area contributed by atoms with Crippen LogP contribution in [0.15, 0.2) is 48.5 Å². The molecular weight excluding hydrogens is 597 g/mol. The van der Waals surface area contributed by atoms with Crippen molar-refractivity contribution in [3.05, 3.63) is 81.9 Å². The number of rotatable bonds is 8. The lowest BCUT2D eigenvalue weighted by Gasteiger charge is -2.20. The van der Waals surface area contributed by atoms with Gasteiger partial charge in [0, 0.05) is 22.3 Å². The predicted molar refractivity (Wildman–Crippen MR) is 138 cm³/mol. The molecule has 0 heterocycles. The molecule has 0 N–H and O–H groups in total. The number of hydrogen-bond donors (Lipinski definition) is 0. The van der Waals surface area contributed by atoms with Crippen LogP contribution in [0.4, 0.5) is 0 Å². The molecule has 0 aliphatic heterocycles. The number of carbonyl (C=O) groups is 6. The van der Waals surface area contributed by atoms with Gasteiger partial charge in [0.2, 0.25) is 0 Å². The lowest BCUT2D eigenvalue weighted by molar-refractivity contribution is 0.105. The summed E-state index contributed by atoms with van der Waals surface area (Å²) in [5.41, 5.74) is -2.49. The third-order valence-electron chi connectivity index (χ3n) is 5.12. The van der Waals surface area contributed by atoms with Crippen LogP contribution < -0.4 is 0 Å². The zero-order chi connectivity index (χ0) is 26.9. The van der Waals surface area contributed by atoms with Crippen LogP contribution >= 0.6 is 69.6 Å². The number of benzene rings is 3. The highest BCUT2D eigenvalue weighted by molar-refractivity contribution is 6.74. The number of carbonyl (C=O) groups excluding carboxylic acids is 6. The molecule has 0 unspecified atom stereocenters. The molecule has 182 valence electrons. The van der Waals surface area contributed by atoms with Crippen LogP contribution in [0.1, 0.15) is 62.1 Å². The highest BCUT2D eigenvalue weighted by atomic mass is 35.5. The van der Waals surface area contributed by atoms with Gasteiger partial charge in [-0.1, -0.05) is 30.3 Å². The second-order valence-corrected chi connectivity index (χ2v) is 9.07. The van der Waals surface area contributed by atoms with E-state index in [0.29, 0.717) is 0 Å². The van der Waals surface area contributed by atoms with Gasteiger partial charge in [0.1, 0.15) is 0 Å². The molecule has 3 aromatic rings. The highest BCUT2D eigenvalue weighted by Crippen LogP contribution is 2.43. The monoisotopic (exact) mass is 602 g/mol. The SMILES string of the molecule is O=C(Cl)c1cccc(-c2ccc(C(=O)Cl)c(C(=O)Cl)c2-c2cccc(C(=O)Cl)c2C(=O)Cl)c1C(=O)Cl. The van der Waals surface area contributed by atoms with Gasteiger partial charge in [0.15, 0.2) is 0 Å². The topological polar surface area (TPSA) is 102 Å². The summed E-state index contributed by atoms with van der Waals surface area (Å²) in [6.07, 6.45) is 0. The maximum Gasteiger partial charge on any atom is 0.253 e. The molecule has 3 rings (SSSR count). The molecule has 0 saturated heterocycles. The highest BCUT2D eigenvalue weighted by Gasteiger charge is 2.30. The van der Waals surface area contributed by atoms with Crippen molar-refractivity contribution in [1.29, 1.82) is 0 Å². The Labute approximate surface area is 233 Å². The van der Waals surface area contributed by atoms with Gasteiger partial charge in [-0.15, -0.1) is 0 Å². The molecule has 0 bridgehead atoms. The van der Waals surface area contributed by atoms with E-state index in [1.165, 1.54) is 42.5 Å². The van der Waals surface area contributed by atoms with Gasteiger partial charge in [-0.25, -0.2) is 0 Å². The van der Waals surface area contributed by atoms with Gasteiger partial charge in [0.25, 0.3) is 31.5 Å². The smallest absolute Gasteiger partial charge is 0.253 e. The average molecular weight is 605 g/mol. The molecule has 36 heavy (non-hydrogen) atoms. The summed E-state index contributed by atoms with van der Waals surface area (Å²) in [7, 11) is 0. The van der Waals surface area contributed by atoms with Gasteiger partial charge >= 0.3 is 0 Å². The van der Waals surface area contributed by atoms with Crippen LogP contribution in [0, 0.1) is 0 Å². The van der Waals surface area contributed by atoms with Crippen molar-refractivity contribution in [3.63, 3.8) is 0 Å². The first kappa shape index (κ1) is 28.0. The minimum Gasteiger partial charge on any atom is -0.276 e. The lowest BCUT2D eigenvalue weighted by Crippen LogP contribution is -2.11. The molecule has 0 aliphatic carbocycles. The van der Waals surface area contributed by atoms with Gasteiger partial charge < -0.3 is 0 Å². The molecule has 0 aliphatic rings. The van der Waals surface area contributed by atoms with Crippen LogP contribution in [0.25, 0.3) is 22.3 Å². The molecule has 0 radical (unpaired) electrons. The predicted octanol–water partition coefficient (Wildman–Crippen LogP) is 7.29. The Kier molecular flexibility index (Phi) is 8.72. The first-order valence-corrected chi connectivity index (χ1v) is 11.8. The van der Waals surface area contributed by atoms with Crippen LogP contribution in [0.5, 0.6) is 0 Å². The quantitative estimate of drug-likeness (QED) is 0.250. The Balaban J connectivity index is 2.67. The standard InChI is InChI=1S/C24H8Cl6O6/c25-19(31)12-5-1-3-9(16(12)22(28)34)10-7-8-14(21(27)33)18(24(30)36)15(10)11-4-2-6-13(20(26)32)17(11)23(29)35/h1-8H. The zero-order valence-electron chi connectivity index (χ0n) is 17.3. The van der Waals surface area contributed by atoms with Crippen molar-refractivity contribution in [1.82, 2.24) is 0 Å². The summed E-state index contributed by atoms with van der Waals surface area (Å²) in [6.45, 7) is 0. The minimum absolute atomic E-state index is 0.00257. The van der Waals surface area contributed by atoms with Gasteiger partial charge in [-0.05, 0) is 104 Å². The Morgan fingerprint density at radius 2 is 0.778 bits per heavy atom. The summed E-state index contributed by atoms with van der Waals surface area (Å²) in [6, 6.07) is 10.3. The van der Waals surface area contributed by atoms with Crippen LogP contribution in [-0.2, 0) is 0 Å². The van der Waals surface area contributed by atoms with E-state index >= 15 is 0 Å². The molecule has 0 atom stereocenters. The number of halogens is 6. The normalized spacial score (nSPS) is 10.6. The van der Waals surface area contributed by atoms with Crippen molar-refractivity contribution < 1.29 is 28.8 Å². The number of hydrogen-bond acceptors (Lipinski definition) is 6. The van der Waals surface area contributed by atoms with E-state index in [1.807, 2.05) is 0 Å². The van der Waals surface area contributed by atoms with Crippen molar-refractivity contribution >= 4 is 101 Å². The fourth-order valence-electron chi connectivity index (χ4n) is 3.76. The summed E-state index contributed by atoms with van der Waals surface area (Å²) in [5, 5.41) is -6.50. The third-order valence-corrected chi connectivity index (χ3v) is 6.30. The average Bonchev–Trinajstić information content (AvgIpc) is 2.81. The fourth-order valence-corrected chi connectivity index (χ4v) is 4.84. The second kappa shape index (κ2) is 11.2. The molecule has 0 spiro atoms. The molecule has 3 aromatic carbocycles. The van der Waals surface area contributed by atoms with E-state index in [-0.39, 0.29) is 44.5 Å². The summed E-state index contributed by atoms with van der Waals surface area (Å²) in [4.78, 5) is 73.6. The van der Waals surface area contributed by atoms with Crippen molar-refractivity contribution in [3.8, 4) is 22.3 Å². The van der Waals surface area contributed by atoms with Gasteiger partial charge in [-0.3, -0.25) is 28.8 Å². The van der Waals surface area contributed by atoms with Gasteiger partial charge in [-0.2, -0.15) is 0 Å². The molecule has 0 fully saturated rings. The first-order valence-electron chi connectivity index (χ1n) is 9.51. The summed E-state index contributed by atoms with van der Waals surface area (Å²) in [5.74, 6) is 0. The fraction of sp³-hybridized carbons (Fsp3) is 0. The van der Waals surface area contributed by atoms with Crippen LogP contribution in [0.3, 0.4) is 0 Å². The Hall–Kier alpha value is -2.58. The summed E-state index contributed by atoms with van der Waals surface area (Å²) >= 11 is 34.4. The molecule has 0 amide bonds. The van der Waals surface area contributed by atoms with E-state index in [9.17, 15) is 28.8 Å². The zero-order valence-corrected chi connectivity index (χ0v) is 21.9. The minimum atomic E-state index is -1.17. The van der Waals surface area contributed by atoms with Crippen LogP contribution in [0.2, 0.25) is 0 Å². The maximum atomic E-state index is 12.6. The maximum absolute atomic E-state index is 12.6. The van der Waals surface area contributed by atoms with Crippen molar-refractivity contribution in [2.75, 3.05) is 0 Å². The van der Waals surface area contributed by atoms with Gasteiger partial charge in [0.05, 0.1) is 16.7 Å². The Morgan fingerprint density at radius 1 is 0.389 bits per heavy atom. The van der Waals surface area contributed by atoms with E-state index < -0.39 is 42.6 Å². The molecule has 12 heteroatoms. The third kappa shape index (κ3) is 5.25. The Bertz CT molecular complexity index is 1510. The molecule has 0 saturated carbocycles. The molecular formula is C24H8Cl6O6. The lowest BCUT2D eigenvalue weighted by atomic mass is 9.83.